The first kappa shape index (κ1) is 13.6. The van der Waals surface area contributed by atoms with Crippen molar-refractivity contribution in [2.75, 3.05) is 7.11 Å². The molecule has 108 valence electrons. The summed E-state index contributed by atoms with van der Waals surface area (Å²) < 4.78 is 11.5. The van der Waals surface area contributed by atoms with Gasteiger partial charge < -0.3 is 14.5 Å². The summed E-state index contributed by atoms with van der Waals surface area (Å²) in [6.07, 6.45) is 0. The molecule has 1 N–H and O–H groups in total. The van der Waals surface area contributed by atoms with E-state index >= 15 is 0 Å². The molecule has 21 heavy (non-hydrogen) atoms. The Bertz CT molecular complexity index is 760. The largest absolute Gasteiger partial charge is 0.495 e. The Kier molecular flexibility index (Phi) is 3.57. The van der Waals surface area contributed by atoms with E-state index in [1.807, 2.05) is 30.3 Å². The zero-order chi connectivity index (χ0) is 14.8. The average Bonchev–Trinajstić information content (AvgIpc) is 2.82. The zero-order valence-corrected chi connectivity index (χ0v) is 12.6. The topological polar surface area (TPSA) is 34.2 Å². The minimum Gasteiger partial charge on any atom is -0.495 e. The van der Waals surface area contributed by atoms with E-state index in [2.05, 4.69) is 31.0 Å². The molecule has 1 aromatic heterocycles. The first-order chi connectivity index (χ1) is 10.2. The van der Waals surface area contributed by atoms with Crippen LogP contribution < -0.4 is 9.47 Å². The molecule has 0 amide bonds. The molecule has 0 aliphatic rings. The lowest BCUT2D eigenvalue weighted by Gasteiger charge is -2.10. The second-order valence-electron chi connectivity index (χ2n) is 5.17. The summed E-state index contributed by atoms with van der Waals surface area (Å²) in [6, 6.07) is 14.1. The van der Waals surface area contributed by atoms with Crippen molar-refractivity contribution >= 4 is 10.9 Å². The Hall–Kier alpha value is -2.42. The lowest BCUT2D eigenvalue weighted by molar-refractivity contribution is 0.309. The lowest BCUT2D eigenvalue weighted by atomic mass is 10.1. The molecule has 0 aliphatic carbocycles. The highest BCUT2D eigenvalue weighted by Gasteiger charge is 2.14. The average molecular weight is 281 g/mol. The highest BCUT2D eigenvalue weighted by atomic mass is 16.5. The molecule has 0 saturated heterocycles. The Morgan fingerprint density at radius 2 is 1.67 bits per heavy atom. The van der Waals surface area contributed by atoms with Crippen molar-refractivity contribution in [2.24, 2.45) is 0 Å². The van der Waals surface area contributed by atoms with Crippen molar-refractivity contribution in [3.63, 3.8) is 0 Å². The van der Waals surface area contributed by atoms with E-state index in [0.29, 0.717) is 6.61 Å². The maximum absolute atomic E-state index is 6.02. The van der Waals surface area contributed by atoms with Gasteiger partial charge in [0.05, 0.1) is 12.6 Å². The predicted molar refractivity (Wildman–Crippen MR) is 85.1 cm³/mol. The van der Waals surface area contributed by atoms with Crippen LogP contribution in [0.4, 0.5) is 0 Å². The number of rotatable bonds is 4. The van der Waals surface area contributed by atoms with Crippen molar-refractivity contribution < 1.29 is 9.47 Å². The summed E-state index contributed by atoms with van der Waals surface area (Å²) >= 11 is 0. The van der Waals surface area contributed by atoms with Gasteiger partial charge in [0.15, 0.2) is 0 Å². The number of methoxy groups -OCH3 is 1. The van der Waals surface area contributed by atoms with Crippen LogP contribution in [-0.2, 0) is 6.61 Å². The number of fused-ring (bicyclic) bond motifs is 1. The molecule has 3 heteroatoms. The zero-order valence-electron chi connectivity index (χ0n) is 12.6. The van der Waals surface area contributed by atoms with Crippen LogP contribution in [0.15, 0.2) is 42.5 Å². The van der Waals surface area contributed by atoms with Crippen LogP contribution in [0.3, 0.4) is 0 Å². The van der Waals surface area contributed by atoms with E-state index < -0.39 is 0 Å². The van der Waals surface area contributed by atoms with E-state index in [0.717, 1.165) is 33.7 Å². The van der Waals surface area contributed by atoms with E-state index in [-0.39, 0.29) is 0 Å². The van der Waals surface area contributed by atoms with Gasteiger partial charge in [0.2, 0.25) is 0 Å². The first-order valence-corrected chi connectivity index (χ1v) is 7.03. The van der Waals surface area contributed by atoms with E-state index in [1.165, 1.54) is 5.56 Å². The number of H-pyrrole nitrogens is 1. The molecule has 0 fully saturated rings. The van der Waals surface area contributed by atoms with Crippen molar-refractivity contribution in [1.29, 1.82) is 0 Å². The first-order valence-electron chi connectivity index (χ1n) is 7.03. The van der Waals surface area contributed by atoms with Crippen LogP contribution in [0.5, 0.6) is 11.5 Å². The highest BCUT2D eigenvalue weighted by molar-refractivity contribution is 5.94. The Morgan fingerprint density at radius 3 is 2.38 bits per heavy atom. The quantitative estimate of drug-likeness (QED) is 0.770. The Balaban J connectivity index is 1.99. The van der Waals surface area contributed by atoms with E-state index in [1.54, 1.807) is 7.11 Å². The molecule has 0 saturated carbocycles. The maximum Gasteiger partial charge on any atom is 0.143 e. The molecular weight excluding hydrogens is 262 g/mol. The number of ether oxygens (including phenoxy) is 2. The summed E-state index contributed by atoms with van der Waals surface area (Å²) in [6.45, 7) is 4.73. The third kappa shape index (κ3) is 2.47. The summed E-state index contributed by atoms with van der Waals surface area (Å²) in [5, 5.41) is 1.10. The molecule has 2 aromatic carbocycles. The SMILES string of the molecule is COc1ccc(OCc2ccccc2)c2c(C)c(C)[nH]c12. The van der Waals surface area contributed by atoms with Crippen LogP contribution in [0, 0.1) is 13.8 Å². The van der Waals surface area contributed by atoms with Crippen LogP contribution >= 0.6 is 0 Å². The van der Waals surface area contributed by atoms with Crippen molar-refractivity contribution in [3.8, 4) is 11.5 Å². The molecule has 0 aliphatic heterocycles. The molecule has 0 atom stereocenters. The molecule has 1 heterocycles. The van der Waals surface area contributed by atoms with E-state index in [4.69, 9.17) is 9.47 Å². The third-order valence-corrected chi connectivity index (χ3v) is 3.84. The summed E-state index contributed by atoms with van der Waals surface area (Å²) in [5.74, 6) is 1.73. The number of hydrogen-bond acceptors (Lipinski definition) is 2. The van der Waals surface area contributed by atoms with Gasteiger partial charge in [0.1, 0.15) is 18.1 Å². The molecule has 0 bridgehead atoms. The van der Waals surface area contributed by atoms with Gasteiger partial charge in [-0.2, -0.15) is 0 Å². The second-order valence-corrected chi connectivity index (χ2v) is 5.17. The normalized spacial score (nSPS) is 10.8. The van der Waals surface area contributed by atoms with Crippen LogP contribution in [-0.4, -0.2) is 12.1 Å². The summed E-state index contributed by atoms with van der Waals surface area (Å²) in [7, 11) is 1.69. The van der Waals surface area contributed by atoms with Crippen molar-refractivity contribution in [3.05, 3.63) is 59.3 Å². The second kappa shape index (κ2) is 5.52. The number of aromatic amines is 1. The van der Waals surface area contributed by atoms with Gasteiger partial charge in [-0.3, -0.25) is 0 Å². The van der Waals surface area contributed by atoms with Gasteiger partial charge in [-0.15, -0.1) is 0 Å². The van der Waals surface area contributed by atoms with E-state index in [9.17, 15) is 0 Å². The van der Waals surface area contributed by atoms with Crippen LogP contribution in [0.25, 0.3) is 10.9 Å². The molecular formula is C18H19NO2. The van der Waals surface area contributed by atoms with Gasteiger partial charge in [0, 0.05) is 11.1 Å². The van der Waals surface area contributed by atoms with Crippen molar-refractivity contribution in [2.45, 2.75) is 20.5 Å². The maximum atomic E-state index is 6.02. The van der Waals surface area contributed by atoms with Gasteiger partial charge in [-0.25, -0.2) is 0 Å². The van der Waals surface area contributed by atoms with Gasteiger partial charge in [0.25, 0.3) is 0 Å². The number of hydrogen-bond donors (Lipinski definition) is 1. The standard InChI is InChI=1S/C18H19NO2/c1-12-13(2)19-18-16(20-3)10-9-15(17(12)18)21-11-14-7-5-4-6-8-14/h4-10,19H,11H2,1-3H3. The molecule has 0 spiro atoms. The highest BCUT2D eigenvalue weighted by Crippen LogP contribution is 2.36. The monoisotopic (exact) mass is 281 g/mol. The minimum atomic E-state index is 0.561. The van der Waals surface area contributed by atoms with Crippen LogP contribution in [0.1, 0.15) is 16.8 Å². The van der Waals surface area contributed by atoms with Gasteiger partial charge in [-0.05, 0) is 37.1 Å². The van der Waals surface area contributed by atoms with Crippen molar-refractivity contribution in [1.82, 2.24) is 4.98 Å². The third-order valence-electron chi connectivity index (χ3n) is 3.84. The number of nitrogens with one attached hydrogen (secondary N) is 1. The number of aryl methyl sites for hydroxylation is 2. The van der Waals surface area contributed by atoms with Crippen LogP contribution in [0.2, 0.25) is 0 Å². The fourth-order valence-corrected chi connectivity index (χ4v) is 2.56. The minimum absolute atomic E-state index is 0.561. The number of benzene rings is 2. The molecule has 3 nitrogen and oxygen atoms in total. The molecule has 0 radical (unpaired) electrons. The van der Waals surface area contributed by atoms with Gasteiger partial charge in [-0.1, -0.05) is 30.3 Å². The molecule has 3 aromatic rings. The lowest BCUT2D eigenvalue weighted by Crippen LogP contribution is -1.96. The predicted octanol–water partition coefficient (Wildman–Crippen LogP) is 4.37. The number of aromatic nitrogens is 1. The molecule has 3 rings (SSSR count). The summed E-state index contributed by atoms with van der Waals surface area (Å²) in [4.78, 5) is 3.38. The Morgan fingerprint density at radius 1 is 0.952 bits per heavy atom. The fraction of sp³-hybridized carbons (Fsp3) is 0.222. The fourth-order valence-electron chi connectivity index (χ4n) is 2.56. The summed E-state index contributed by atoms with van der Waals surface area (Å²) in [5.41, 5.74) is 4.50. The molecule has 0 unspecified atom stereocenters. The van der Waals surface area contributed by atoms with Gasteiger partial charge >= 0.3 is 0 Å². The Labute approximate surface area is 124 Å². The smallest absolute Gasteiger partial charge is 0.143 e.